The highest BCUT2D eigenvalue weighted by Crippen LogP contribution is 2.26. The highest BCUT2D eigenvalue weighted by Gasteiger charge is 2.10. The van der Waals surface area contributed by atoms with E-state index < -0.39 is 5.82 Å². The van der Waals surface area contributed by atoms with Gasteiger partial charge in [-0.2, -0.15) is 0 Å². The summed E-state index contributed by atoms with van der Waals surface area (Å²) in [6.07, 6.45) is 0.567. The number of nitrogens with two attached hydrogens (primary N) is 1. The van der Waals surface area contributed by atoms with Crippen LogP contribution in [0.5, 0.6) is 5.75 Å². The Balaban J connectivity index is 3.07. The highest BCUT2D eigenvalue weighted by molar-refractivity contribution is 6.30. The molecule has 1 aromatic rings. The van der Waals surface area contributed by atoms with Crippen LogP contribution in [-0.2, 0) is 6.42 Å². The summed E-state index contributed by atoms with van der Waals surface area (Å²) in [5.41, 5.74) is 6.37. The van der Waals surface area contributed by atoms with Gasteiger partial charge in [0.25, 0.3) is 0 Å². The van der Waals surface area contributed by atoms with E-state index in [4.69, 9.17) is 22.1 Å². The van der Waals surface area contributed by atoms with Gasteiger partial charge >= 0.3 is 0 Å². The lowest BCUT2D eigenvalue weighted by Crippen LogP contribution is -2.18. The van der Waals surface area contributed by atoms with Gasteiger partial charge in [-0.1, -0.05) is 11.6 Å². The summed E-state index contributed by atoms with van der Waals surface area (Å²) >= 11 is 5.61. The third-order valence-electron chi connectivity index (χ3n) is 1.87. The van der Waals surface area contributed by atoms with Crippen molar-refractivity contribution in [2.45, 2.75) is 19.4 Å². The number of methoxy groups -OCH3 is 1. The second-order valence-corrected chi connectivity index (χ2v) is 3.67. The van der Waals surface area contributed by atoms with Gasteiger partial charge in [-0.15, -0.1) is 0 Å². The van der Waals surface area contributed by atoms with Crippen molar-refractivity contribution in [3.05, 3.63) is 28.5 Å². The molecule has 1 atom stereocenters. The predicted octanol–water partition coefficient (Wildman–Crippen LogP) is 2.38. The summed E-state index contributed by atoms with van der Waals surface area (Å²) < 4.78 is 18.2. The number of rotatable bonds is 3. The zero-order chi connectivity index (χ0) is 10.7. The molecular weight excluding hydrogens is 205 g/mol. The number of hydrogen-bond donors (Lipinski definition) is 1. The van der Waals surface area contributed by atoms with E-state index in [9.17, 15) is 4.39 Å². The molecule has 0 aliphatic carbocycles. The number of halogens is 2. The molecule has 0 bridgehead atoms. The van der Waals surface area contributed by atoms with E-state index in [-0.39, 0.29) is 11.1 Å². The monoisotopic (exact) mass is 217 g/mol. The Kier molecular flexibility index (Phi) is 3.72. The van der Waals surface area contributed by atoms with Crippen LogP contribution in [-0.4, -0.2) is 13.2 Å². The van der Waals surface area contributed by atoms with Crippen molar-refractivity contribution in [2.75, 3.05) is 7.11 Å². The van der Waals surface area contributed by atoms with E-state index in [0.29, 0.717) is 12.2 Å². The normalized spacial score (nSPS) is 12.6. The molecule has 0 amide bonds. The molecule has 0 aromatic heterocycles. The molecule has 0 aliphatic heterocycles. The summed E-state index contributed by atoms with van der Waals surface area (Å²) in [6.45, 7) is 1.85. The Bertz CT molecular complexity index is 328. The fraction of sp³-hybridized carbons (Fsp3) is 0.400. The van der Waals surface area contributed by atoms with Crippen molar-refractivity contribution in [3.63, 3.8) is 0 Å². The van der Waals surface area contributed by atoms with E-state index in [1.54, 1.807) is 0 Å². The Hall–Kier alpha value is -0.800. The zero-order valence-electron chi connectivity index (χ0n) is 8.18. The third kappa shape index (κ3) is 2.59. The maximum atomic E-state index is 13.1. The Morgan fingerprint density at radius 1 is 1.57 bits per heavy atom. The Morgan fingerprint density at radius 2 is 2.21 bits per heavy atom. The third-order valence-corrected chi connectivity index (χ3v) is 2.15. The minimum absolute atomic E-state index is 0.0375. The van der Waals surface area contributed by atoms with Gasteiger partial charge in [-0.25, -0.2) is 4.39 Å². The molecule has 0 aliphatic rings. The van der Waals surface area contributed by atoms with Crippen molar-refractivity contribution in [1.29, 1.82) is 0 Å². The van der Waals surface area contributed by atoms with Crippen LogP contribution in [0, 0.1) is 5.82 Å². The van der Waals surface area contributed by atoms with Crippen molar-refractivity contribution < 1.29 is 9.13 Å². The molecule has 0 heterocycles. The van der Waals surface area contributed by atoms with Crippen LogP contribution < -0.4 is 10.5 Å². The summed E-state index contributed by atoms with van der Waals surface area (Å²) in [7, 11) is 1.52. The molecule has 2 nitrogen and oxygen atoms in total. The zero-order valence-corrected chi connectivity index (χ0v) is 8.94. The molecule has 0 saturated carbocycles. The number of benzene rings is 1. The highest BCUT2D eigenvalue weighted by atomic mass is 35.5. The van der Waals surface area contributed by atoms with Gasteiger partial charge in [0, 0.05) is 12.1 Å². The molecule has 0 fully saturated rings. The van der Waals surface area contributed by atoms with E-state index >= 15 is 0 Å². The maximum Gasteiger partial charge on any atom is 0.142 e. The largest absolute Gasteiger partial charge is 0.496 e. The van der Waals surface area contributed by atoms with Gasteiger partial charge in [0.1, 0.15) is 11.6 Å². The quantitative estimate of drug-likeness (QED) is 0.844. The van der Waals surface area contributed by atoms with Crippen LogP contribution in [0.4, 0.5) is 4.39 Å². The van der Waals surface area contributed by atoms with Gasteiger partial charge in [0.2, 0.25) is 0 Å². The lowest BCUT2D eigenvalue weighted by molar-refractivity contribution is 0.407. The second-order valence-electron chi connectivity index (χ2n) is 3.26. The molecule has 0 spiro atoms. The molecule has 14 heavy (non-hydrogen) atoms. The fourth-order valence-electron chi connectivity index (χ4n) is 1.27. The van der Waals surface area contributed by atoms with Crippen molar-refractivity contribution >= 4 is 11.6 Å². The molecule has 0 saturated heterocycles. The van der Waals surface area contributed by atoms with Crippen molar-refractivity contribution in [2.24, 2.45) is 5.73 Å². The number of hydrogen-bond acceptors (Lipinski definition) is 2. The standard InChI is InChI=1S/C10H13ClFNO/c1-6(13)3-7-4-9(12)8(11)5-10(7)14-2/h4-6H,3,13H2,1-2H3. The molecule has 78 valence electrons. The van der Waals surface area contributed by atoms with Gasteiger partial charge in [0.05, 0.1) is 12.1 Å². The first-order valence-electron chi connectivity index (χ1n) is 4.32. The second kappa shape index (κ2) is 4.62. The smallest absolute Gasteiger partial charge is 0.142 e. The molecule has 4 heteroatoms. The van der Waals surface area contributed by atoms with Crippen LogP contribution in [0.15, 0.2) is 12.1 Å². The summed E-state index contributed by atoms with van der Waals surface area (Å²) in [6, 6.07) is 2.79. The average Bonchev–Trinajstić information content (AvgIpc) is 2.10. The summed E-state index contributed by atoms with van der Waals surface area (Å²) in [5, 5.41) is 0.0651. The van der Waals surface area contributed by atoms with E-state index in [2.05, 4.69) is 0 Å². The number of ether oxygens (including phenoxy) is 1. The van der Waals surface area contributed by atoms with Crippen LogP contribution in [0.2, 0.25) is 5.02 Å². The average molecular weight is 218 g/mol. The van der Waals surface area contributed by atoms with E-state index in [0.717, 1.165) is 5.56 Å². The Labute approximate surface area is 87.8 Å². The van der Waals surface area contributed by atoms with E-state index in [1.807, 2.05) is 6.92 Å². The topological polar surface area (TPSA) is 35.2 Å². The van der Waals surface area contributed by atoms with Crippen molar-refractivity contribution in [1.82, 2.24) is 0 Å². The van der Waals surface area contributed by atoms with Crippen LogP contribution >= 0.6 is 11.6 Å². The van der Waals surface area contributed by atoms with Gasteiger partial charge in [0.15, 0.2) is 0 Å². The minimum Gasteiger partial charge on any atom is -0.496 e. The first kappa shape index (κ1) is 11.3. The molecular formula is C10H13ClFNO. The first-order chi connectivity index (χ1) is 6.54. The Morgan fingerprint density at radius 3 is 2.71 bits per heavy atom. The molecule has 1 rings (SSSR count). The van der Waals surface area contributed by atoms with Crippen LogP contribution in [0.1, 0.15) is 12.5 Å². The van der Waals surface area contributed by atoms with Gasteiger partial charge in [-0.3, -0.25) is 0 Å². The molecule has 0 radical (unpaired) electrons. The first-order valence-corrected chi connectivity index (χ1v) is 4.70. The minimum atomic E-state index is -0.442. The predicted molar refractivity (Wildman–Crippen MR) is 55.3 cm³/mol. The SMILES string of the molecule is COc1cc(Cl)c(F)cc1CC(C)N. The fourth-order valence-corrected chi connectivity index (χ4v) is 1.42. The summed E-state index contributed by atoms with van der Waals surface area (Å²) in [5.74, 6) is 0.136. The maximum absolute atomic E-state index is 13.1. The van der Waals surface area contributed by atoms with Gasteiger partial charge in [-0.05, 0) is 25.0 Å². The lowest BCUT2D eigenvalue weighted by Gasteiger charge is -2.11. The molecule has 2 N–H and O–H groups in total. The van der Waals surface area contributed by atoms with Gasteiger partial charge < -0.3 is 10.5 Å². The van der Waals surface area contributed by atoms with Crippen LogP contribution in [0.3, 0.4) is 0 Å². The molecule has 1 aromatic carbocycles. The van der Waals surface area contributed by atoms with Crippen LogP contribution in [0.25, 0.3) is 0 Å². The lowest BCUT2D eigenvalue weighted by atomic mass is 10.1. The summed E-state index contributed by atoms with van der Waals surface area (Å²) in [4.78, 5) is 0. The molecule has 1 unspecified atom stereocenters. The van der Waals surface area contributed by atoms with Crippen molar-refractivity contribution in [3.8, 4) is 5.75 Å². The van der Waals surface area contributed by atoms with E-state index in [1.165, 1.54) is 19.2 Å².